The van der Waals surface area contributed by atoms with E-state index in [1.165, 1.54) is 12.1 Å². The van der Waals surface area contributed by atoms with E-state index in [-0.39, 0.29) is 20.8 Å². The molecule has 1 rings (SSSR count). The zero-order valence-corrected chi connectivity index (χ0v) is 10.2. The fraction of sp³-hybridized carbons (Fsp3) is 0. The molecule has 0 radical (unpaired) electrons. The number of nitrogens with two attached hydrogens (primary N) is 1. The number of hydrogen-bond acceptors (Lipinski definition) is 3. The van der Waals surface area contributed by atoms with Crippen LogP contribution in [0.5, 0.6) is 5.75 Å². The van der Waals surface area contributed by atoms with E-state index >= 15 is 0 Å². The Bertz CT molecular complexity index is 428. The third kappa shape index (κ3) is 3.50. The second-order valence-corrected chi connectivity index (χ2v) is 5.14. The van der Waals surface area contributed by atoms with Gasteiger partial charge >= 0.3 is 7.75 Å². The molecule has 0 saturated heterocycles. The lowest BCUT2D eigenvalue weighted by molar-refractivity contribution is 0.365. The van der Waals surface area contributed by atoms with E-state index in [2.05, 4.69) is 4.52 Å². The van der Waals surface area contributed by atoms with Crippen LogP contribution in [0, 0.1) is 0 Å². The Morgan fingerprint density at radius 2 is 1.80 bits per heavy atom. The van der Waals surface area contributed by atoms with Crippen molar-refractivity contribution in [2.75, 3.05) is 0 Å². The van der Waals surface area contributed by atoms with Crippen LogP contribution >= 0.6 is 42.5 Å². The van der Waals surface area contributed by atoms with Crippen LogP contribution in [0.25, 0.3) is 0 Å². The minimum atomic E-state index is -4.12. The average Bonchev–Trinajstić information content (AvgIpc) is 2.14. The summed E-state index contributed by atoms with van der Waals surface area (Å²) in [6, 6.07) is 2.50. The van der Waals surface area contributed by atoms with Crippen molar-refractivity contribution >= 4 is 42.5 Å². The molecule has 0 aliphatic heterocycles. The van der Waals surface area contributed by atoms with Crippen molar-refractivity contribution < 1.29 is 14.0 Å². The zero-order chi connectivity index (χ0) is 11.6. The van der Waals surface area contributed by atoms with Crippen LogP contribution in [-0.4, -0.2) is 4.89 Å². The standard InChI is InChI=1S/C6H6Cl3N2O3P/c7-3-1-5(9)6(2-4(3)8)14-15(12,13)11-10/h1-2H,10H2,(H2,11,12,13). The summed E-state index contributed by atoms with van der Waals surface area (Å²) < 4.78 is 15.7. The molecule has 1 aromatic rings. The van der Waals surface area contributed by atoms with Crippen molar-refractivity contribution in [1.29, 1.82) is 0 Å². The lowest BCUT2D eigenvalue weighted by atomic mass is 10.3. The molecule has 15 heavy (non-hydrogen) atoms. The summed E-state index contributed by atoms with van der Waals surface area (Å²) in [7, 11) is -4.12. The quantitative estimate of drug-likeness (QED) is 0.345. The molecule has 0 aromatic heterocycles. The van der Waals surface area contributed by atoms with E-state index < -0.39 is 7.75 Å². The number of rotatable bonds is 3. The molecule has 1 atom stereocenters. The normalized spacial score (nSPS) is 14.7. The van der Waals surface area contributed by atoms with Gasteiger partial charge in [0.25, 0.3) is 0 Å². The minimum Gasteiger partial charge on any atom is -0.411 e. The molecule has 1 aromatic carbocycles. The molecule has 0 spiro atoms. The SMILES string of the molecule is NNP(=O)(O)Oc1cc(Cl)c(Cl)cc1Cl. The van der Waals surface area contributed by atoms with Gasteiger partial charge in [0.2, 0.25) is 0 Å². The molecule has 84 valence electrons. The van der Waals surface area contributed by atoms with E-state index in [9.17, 15) is 4.57 Å². The van der Waals surface area contributed by atoms with Gasteiger partial charge in [-0.2, -0.15) is 5.20 Å². The van der Waals surface area contributed by atoms with Gasteiger partial charge in [0.15, 0.2) is 5.75 Å². The van der Waals surface area contributed by atoms with E-state index in [0.29, 0.717) is 0 Å². The van der Waals surface area contributed by atoms with Crippen molar-refractivity contribution in [3.8, 4) is 5.75 Å². The predicted molar refractivity (Wildman–Crippen MR) is 59.2 cm³/mol. The lowest BCUT2D eigenvalue weighted by Crippen LogP contribution is -2.20. The number of nitrogens with one attached hydrogen (secondary N) is 1. The van der Waals surface area contributed by atoms with Crippen LogP contribution in [0.1, 0.15) is 0 Å². The van der Waals surface area contributed by atoms with Crippen LogP contribution < -0.4 is 15.6 Å². The Labute approximate surface area is 101 Å². The van der Waals surface area contributed by atoms with Gasteiger partial charge in [-0.3, -0.25) is 5.84 Å². The molecule has 5 nitrogen and oxygen atoms in total. The summed E-state index contributed by atoms with van der Waals surface area (Å²) in [5.41, 5.74) is 0. The van der Waals surface area contributed by atoms with Gasteiger partial charge in [-0.15, -0.1) is 0 Å². The van der Waals surface area contributed by atoms with Crippen LogP contribution in [0.2, 0.25) is 15.1 Å². The van der Waals surface area contributed by atoms with Crippen molar-refractivity contribution in [2.24, 2.45) is 5.84 Å². The van der Waals surface area contributed by atoms with Gasteiger partial charge in [0.05, 0.1) is 15.1 Å². The first kappa shape index (κ1) is 13.1. The summed E-state index contributed by atoms with van der Waals surface area (Å²) >= 11 is 17.0. The number of halogens is 3. The molecular formula is C6H6Cl3N2O3P. The molecule has 9 heteroatoms. The highest BCUT2D eigenvalue weighted by molar-refractivity contribution is 7.50. The number of hydrazine groups is 1. The van der Waals surface area contributed by atoms with Crippen LogP contribution in [0.4, 0.5) is 0 Å². The van der Waals surface area contributed by atoms with Crippen molar-refractivity contribution in [3.63, 3.8) is 0 Å². The molecule has 0 bridgehead atoms. The highest BCUT2D eigenvalue weighted by Gasteiger charge is 2.20. The maximum Gasteiger partial charge on any atom is 0.469 e. The fourth-order valence-corrected chi connectivity index (χ4v) is 1.83. The lowest BCUT2D eigenvalue weighted by Gasteiger charge is -2.12. The van der Waals surface area contributed by atoms with Gasteiger partial charge < -0.3 is 9.42 Å². The second-order valence-electron chi connectivity index (χ2n) is 2.44. The van der Waals surface area contributed by atoms with Gasteiger partial charge in [0, 0.05) is 6.07 Å². The Morgan fingerprint density at radius 3 is 2.33 bits per heavy atom. The average molecular weight is 291 g/mol. The Kier molecular flexibility index (Phi) is 4.26. The van der Waals surface area contributed by atoms with E-state index in [1.807, 2.05) is 0 Å². The molecule has 0 heterocycles. The van der Waals surface area contributed by atoms with Crippen molar-refractivity contribution in [2.45, 2.75) is 0 Å². The highest BCUT2D eigenvalue weighted by Crippen LogP contribution is 2.42. The Balaban J connectivity index is 3.06. The molecular weight excluding hydrogens is 285 g/mol. The summed E-state index contributed by atoms with van der Waals surface area (Å²) in [6.45, 7) is 0. The first-order valence-electron chi connectivity index (χ1n) is 3.50. The summed E-state index contributed by atoms with van der Waals surface area (Å²) in [4.78, 5) is 9.02. The van der Waals surface area contributed by atoms with Crippen LogP contribution in [-0.2, 0) is 4.57 Å². The number of hydrogen-bond donors (Lipinski definition) is 3. The second kappa shape index (κ2) is 4.89. The topological polar surface area (TPSA) is 84.6 Å². The molecule has 0 fully saturated rings. The third-order valence-electron chi connectivity index (χ3n) is 1.36. The predicted octanol–water partition coefficient (Wildman–Crippen LogP) is 2.59. The molecule has 0 amide bonds. The molecule has 0 saturated carbocycles. The van der Waals surface area contributed by atoms with Gasteiger partial charge in [-0.25, -0.2) is 4.57 Å². The van der Waals surface area contributed by atoms with Crippen LogP contribution in [0.15, 0.2) is 12.1 Å². The van der Waals surface area contributed by atoms with Gasteiger partial charge in [-0.1, -0.05) is 34.8 Å². The first-order chi connectivity index (χ1) is 6.85. The Hall–Kier alpha value is -0.000000000000000167. The largest absolute Gasteiger partial charge is 0.469 e. The monoisotopic (exact) mass is 290 g/mol. The maximum atomic E-state index is 11.1. The highest BCUT2D eigenvalue weighted by atomic mass is 35.5. The van der Waals surface area contributed by atoms with E-state index in [0.717, 1.165) is 0 Å². The van der Waals surface area contributed by atoms with Gasteiger partial charge in [-0.05, 0) is 6.07 Å². The number of benzene rings is 1. The van der Waals surface area contributed by atoms with Crippen molar-refractivity contribution in [1.82, 2.24) is 5.20 Å². The first-order valence-corrected chi connectivity index (χ1v) is 6.21. The fourth-order valence-electron chi connectivity index (χ4n) is 0.734. The molecule has 4 N–H and O–H groups in total. The third-order valence-corrected chi connectivity index (χ3v) is 3.15. The molecule has 0 aliphatic carbocycles. The summed E-state index contributed by atoms with van der Waals surface area (Å²) in [5, 5.41) is 2.01. The minimum absolute atomic E-state index is 0.0499. The van der Waals surface area contributed by atoms with Crippen molar-refractivity contribution in [3.05, 3.63) is 27.2 Å². The summed E-state index contributed by atoms with van der Waals surface area (Å²) in [5.74, 6) is 4.69. The smallest absolute Gasteiger partial charge is 0.411 e. The van der Waals surface area contributed by atoms with E-state index in [1.54, 1.807) is 5.20 Å². The Morgan fingerprint density at radius 1 is 1.27 bits per heavy atom. The molecule has 0 aliphatic rings. The zero-order valence-electron chi connectivity index (χ0n) is 7.08. The van der Waals surface area contributed by atoms with Crippen LogP contribution in [0.3, 0.4) is 0 Å². The van der Waals surface area contributed by atoms with Gasteiger partial charge in [0.1, 0.15) is 0 Å². The maximum absolute atomic E-state index is 11.1. The summed E-state index contributed by atoms with van der Waals surface area (Å²) in [6.07, 6.45) is 0. The van der Waals surface area contributed by atoms with E-state index in [4.69, 9.17) is 45.5 Å². The molecule has 1 unspecified atom stereocenters.